The Labute approximate surface area is 173 Å². The van der Waals surface area contributed by atoms with E-state index < -0.39 is 4.92 Å². The van der Waals surface area contributed by atoms with Gasteiger partial charge in [0, 0.05) is 22.5 Å². The quantitative estimate of drug-likeness (QED) is 0.334. The molecule has 150 valence electrons. The maximum Gasteiger partial charge on any atom is 0.353 e. The molecule has 0 unspecified atom stereocenters. The van der Waals surface area contributed by atoms with Crippen LogP contribution in [0, 0.1) is 17.0 Å². The van der Waals surface area contributed by atoms with Gasteiger partial charge in [-0.05, 0) is 55.3 Å². The van der Waals surface area contributed by atoms with Gasteiger partial charge >= 0.3 is 5.69 Å². The van der Waals surface area contributed by atoms with Crippen molar-refractivity contribution in [2.75, 3.05) is 10.6 Å². The molecule has 0 saturated heterocycles. The number of nitrogens with one attached hydrogen (secondary N) is 2. The number of anilines is 4. The average Bonchev–Trinajstić information content (AvgIpc) is 2.74. The first-order valence-electron chi connectivity index (χ1n) is 9.54. The molecule has 2 aromatic carbocycles. The maximum atomic E-state index is 11.9. The number of benzene rings is 2. The van der Waals surface area contributed by atoms with E-state index in [1.54, 1.807) is 0 Å². The Morgan fingerprint density at radius 1 is 0.967 bits per heavy atom. The van der Waals surface area contributed by atoms with Crippen LogP contribution in [0.15, 0.2) is 60.9 Å². The first-order chi connectivity index (χ1) is 14.5. The fraction of sp³-hybridized carbons (Fsp3) is 0.136. The molecule has 0 aliphatic heterocycles. The molecule has 4 aromatic rings. The summed E-state index contributed by atoms with van der Waals surface area (Å²) >= 11 is 0. The molecule has 0 radical (unpaired) electrons. The summed E-state index contributed by atoms with van der Waals surface area (Å²) in [5, 5.41) is 18.8. The number of rotatable bonds is 6. The SMILES string of the molecule is CCc1ccc(Nc2ncnc(Nc3cccc4nc(C)ccc34)c2[N+](=O)[O-])cc1. The summed E-state index contributed by atoms with van der Waals surface area (Å²) < 4.78 is 0. The lowest BCUT2D eigenvalue weighted by atomic mass is 10.1. The normalized spacial score (nSPS) is 10.7. The highest BCUT2D eigenvalue weighted by Gasteiger charge is 2.23. The van der Waals surface area contributed by atoms with E-state index in [1.807, 2.05) is 61.5 Å². The first kappa shape index (κ1) is 19.3. The van der Waals surface area contributed by atoms with Crippen molar-refractivity contribution in [2.24, 2.45) is 0 Å². The van der Waals surface area contributed by atoms with E-state index in [4.69, 9.17) is 0 Å². The Kier molecular flexibility index (Phi) is 5.21. The van der Waals surface area contributed by atoms with Crippen molar-refractivity contribution in [3.05, 3.63) is 82.3 Å². The molecule has 8 nitrogen and oxygen atoms in total. The van der Waals surface area contributed by atoms with Crippen LogP contribution in [0.5, 0.6) is 0 Å². The molecule has 8 heteroatoms. The van der Waals surface area contributed by atoms with Crippen LogP contribution in [0.1, 0.15) is 18.2 Å². The summed E-state index contributed by atoms with van der Waals surface area (Å²) in [6.07, 6.45) is 2.22. The van der Waals surface area contributed by atoms with Crippen LogP contribution >= 0.6 is 0 Å². The lowest BCUT2D eigenvalue weighted by Gasteiger charge is -2.12. The molecule has 0 spiro atoms. The fourth-order valence-electron chi connectivity index (χ4n) is 3.19. The number of nitrogens with zero attached hydrogens (tertiary/aromatic N) is 4. The number of nitro groups is 1. The van der Waals surface area contributed by atoms with E-state index in [1.165, 1.54) is 11.9 Å². The molecule has 0 atom stereocenters. The first-order valence-corrected chi connectivity index (χ1v) is 9.54. The van der Waals surface area contributed by atoms with Crippen molar-refractivity contribution in [1.82, 2.24) is 15.0 Å². The number of hydrogen-bond acceptors (Lipinski definition) is 7. The van der Waals surface area contributed by atoms with Crippen molar-refractivity contribution in [2.45, 2.75) is 20.3 Å². The topological polar surface area (TPSA) is 106 Å². The van der Waals surface area contributed by atoms with E-state index in [-0.39, 0.29) is 17.3 Å². The highest BCUT2D eigenvalue weighted by atomic mass is 16.6. The third-order valence-corrected chi connectivity index (χ3v) is 4.75. The Morgan fingerprint density at radius 3 is 2.40 bits per heavy atom. The second-order valence-corrected chi connectivity index (χ2v) is 6.80. The van der Waals surface area contributed by atoms with Crippen LogP contribution in [0.4, 0.5) is 28.7 Å². The highest BCUT2D eigenvalue weighted by molar-refractivity contribution is 5.94. The van der Waals surface area contributed by atoms with E-state index in [2.05, 4.69) is 32.5 Å². The van der Waals surface area contributed by atoms with Gasteiger partial charge in [0.15, 0.2) is 0 Å². The van der Waals surface area contributed by atoms with Crippen molar-refractivity contribution in [1.29, 1.82) is 0 Å². The maximum absolute atomic E-state index is 11.9. The molecule has 0 aliphatic rings. The molecule has 30 heavy (non-hydrogen) atoms. The Bertz CT molecular complexity index is 1220. The molecule has 2 heterocycles. The third-order valence-electron chi connectivity index (χ3n) is 4.75. The van der Waals surface area contributed by atoms with E-state index >= 15 is 0 Å². The second-order valence-electron chi connectivity index (χ2n) is 6.80. The molecule has 0 amide bonds. The van der Waals surface area contributed by atoms with Gasteiger partial charge < -0.3 is 10.6 Å². The number of aromatic nitrogens is 3. The van der Waals surface area contributed by atoms with Gasteiger partial charge in [-0.3, -0.25) is 15.1 Å². The molecule has 0 saturated carbocycles. The van der Waals surface area contributed by atoms with Gasteiger partial charge in [-0.25, -0.2) is 9.97 Å². The minimum atomic E-state index is -0.487. The van der Waals surface area contributed by atoms with Gasteiger partial charge in [-0.1, -0.05) is 25.1 Å². The summed E-state index contributed by atoms with van der Waals surface area (Å²) in [6, 6.07) is 17.1. The fourth-order valence-corrected chi connectivity index (χ4v) is 3.19. The summed E-state index contributed by atoms with van der Waals surface area (Å²) in [6.45, 7) is 3.99. The zero-order valence-electron chi connectivity index (χ0n) is 16.6. The Balaban J connectivity index is 1.72. The monoisotopic (exact) mass is 400 g/mol. The van der Waals surface area contributed by atoms with Crippen molar-refractivity contribution < 1.29 is 4.92 Å². The smallest absolute Gasteiger partial charge is 0.334 e. The van der Waals surface area contributed by atoms with Crippen LogP contribution in [0.2, 0.25) is 0 Å². The molecule has 2 N–H and O–H groups in total. The van der Waals surface area contributed by atoms with Crippen LogP contribution in [0.3, 0.4) is 0 Å². The highest BCUT2D eigenvalue weighted by Crippen LogP contribution is 2.34. The lowest BCUT2D eigenvalue weighted by molar-refractivity contribution is -0.383. The van der Waals surface area contributed by atoms with Gasteiger partial charge in [0.1, 0.15) is 6.33 Å². The number of fused-ring (bicyclic) bond motifs is 1. The molecule has 0 bridgehead atoms. The summed E-state index contributed by atoms with van der Waals surface area (Å²) in [5.41, 5.74) is 4.04. The van der Waals surface area contributed by atoms with Gasteiger partial charge in [0.05, 0.1) is 10.4 Å². The van der Waals surface area contributed by atoms with Crippen molar-refractivity contribution in [3.8, 4) is 0 Å². The van der Waals surface area contributed by atoms with Crippen LogP contribution in [-0.2, 0) is 6.42 Å². The summed E-state index contributed by atoms with van der Waals surface area (Å²) in [7, 11) is 0. The van der Waals surface area contributed by atoms with Crippen LogP contribution in [0.25, 0.3) is 10.9 Å². The summed E-state index contributed by atoms with van der Waals surface area (Å²) in [4.78, 5) is 24.1. The van der Waals surface area contributed by atoms with Crippen molar-refractivity contribution >= 4 is 39.6 Å². The van der Waals surface area contributed by atoms with Crippen LogP contribution in [-0.4, -0.2) is 19.9 Å². The molecule has 2 aromatic heterocycles. The van der Waals surface area contributed by atoms with Crippen molar-refractivity contribution in [3.63, 3.8) is 0 Å². The predicted octanol–water partition coefficient (Wildman–Crippen LogP) is 5.29. The van der Waals surface area contributed by atoms with Gasteiger partial charge in [0.25, 0.3) is 0 Å². The number of hydrogen-bond donors (Lipinski definition) is 2. The minimum absolute atomic E-state index is 0.107. The van der Waals surface area contributed by atoms with E-state index in [0.717, 1.165) is 23.0 Å². The zero-order chi connectivity index (χ0) is 21.1. The minimum Gasteiger partial charge on any atom is -0.334 e. The molecule has 0 fully saturated rings. The van der Waals surface area contributed by atoms with Gasteiger partial charge in [0.2, 0.25) is 11.6 Å². The summed E-state index contributed by atoms with van der Waals surface area (Å²) in [5.74, 6) is 0.228. The molecule has 0 aliphatic carbocycles. The Hall–Kier alpha value is -4.07. The van der Waals surface area contributed by atoms with E-state index in [9.17, 15) is 10.1 Å². The molecular formula is C22H20N6O2. The molecule has 4 rings (SSSR count). The molecular weight excluding hydrogens is 380 g/mol. The average molecular weight is 400 g/mol. The zero-order valence-corrected chi connectivity index (χ0v) is 16.6. The standard InChI is InChI=1S/C22H20N6O2/c1-3-15-8-10-16(11-9-15)26-21-20(28(29)30)22(24-13-23-21)27-19-6-4-5-18-17(19)12-7-14(2)25-18/h4-13H,3H2,1-2H3,(H2,23,24,26,27). The Morgan fingerprint density at radius 2 is 1.70 bits per heavy atom. The van der Waals surface area contributed by atoms with Gasteiger partial charge in [-0.2, -0.15) is 0 Å². The van der Waals surface area contributed by atoms with Gasteiger partial charge in [-0.15, -0.1) is 0 Å². The second kappa shape index (κ2) is 8.12. The number of pyridine rings is 1. The largest absolute Gasteiger partial charge is 0.353 e. The lowest BCUT2D eigenvalue weighted by Crippen LogP contribution is -2.06. The third kappa shape index (κ3) is 3.88. The number of aryl methyl sites for hydroxylation is 2. The van der Waals surface area contributed by atoms with E-state index in [0.29, 0.717) is 11.4 Å². The predicted molar refractivity (Wildman–Crippen MR) is 118 cm³/mol. The van der Waals surface area contributed by atoms with Crippen LogP contribution < -0.4 is 10.6 Å².